The molecule has 0 unspecified atom stereocenters. The van der Waals surface area contributed by atoms with Gasteiger partial charge < -0.3 is 15.1 Å². The molecule has 0 aromatic rings. The Labute approximate surface area is 84.8 Å². The van der Waals surface area contributed by atoms with Gasteiger partial charge in [0, 0.05) is 19.5 Å². The molecule has 0 aromatic heterocycles. The van der Waals surface area contributed by atoms with Gasteiger partial charge in [-0.15, -0.1) is 0 Å². The highest BCUT2D eigenvalue weighted by Gasteiger charge is 2.09. The first-order chi connectivity index (χ1) is 6.76. The number of aliphatic hydroxyl groups is 2. The van der Waals surface area contributed by atoms with Crippen LogP contribution in [0.25, 0.3) is 0 Å². The van der Waals surface area contributed by atoms with E-state index in [1.54, 1.807) is 0 Å². The summed E-state index contributed by atoms with van der Waals surface area (Å²) in [5, 5.41) is 17.4. The molecular formula is C10H19NO3. The minimum absolute atomic E-state index is 0.0576. The third kappa shape index (κ3) is 5.72. The molecule has 0 aliphatic heterocycles. The molecule has 2 N–H and O–H groups in total. The average Bonchev–Trinajstić information content (AvgIpc) is 2.18. The number of nitrogens with zero attached hydrogens (tertiary/aromatic N) is 1. The second kappa shape index (κ2) is 8.72. The maximum absolute atomic E-state index is 11.5. The third-order valence-electron chi connectivity index (χ3n) is 1.79. The highest BCUT2D eigenvalue weighted by atomic mass is 16.3. The van der Waals surface area contributed by atoms with Crippen LogP contribution in [0, 0.1) is 0 Å². The van der Waals surface area contributed by atoms with Crippen LogP contribution in [0.1, 0.15) is 19.8 Å². The zero-order chi connectivity index (χ0) is 10.8. The normalized spacial score (nSPS) is 10.8. The number of hydrogen-bond donors (Lipinski definition) is 2. The Morgan fingerprint density at radius 1 is 1.21 bits per heavy atom. The van der Waals surface area contributed by atoms with Crippen molar-refractivity contribution < 1.29 is 15.0 Å². The van der Waals surface area contributed by atoms with Crippen LogP contribution < -0.4 is 0 Å². The van der Waals surface area contributed by atoms with Crippen LogP contribution in [0.2, 0.25) is 0 Å². The van der Waals surface area contributed by atoms with E-state index in [0.29, 0.717) is 19.5 Å². The zero-order valence-corrected chi connectivity index (χ0v) is 8.65. The fraction of sp³-hybridized carbons (Fsp3) is 0.700. The van der Waals surface area contributed by atoms with Gasteiger partial charge in [-0.2, -0.15) is 0 Å². The van der Waals surface area contributed by atoms with Gasteiger partial charge in [-0.1, -0.05) is 19.1 Å². The third-order valence-corrected chi connectivity index (χ3v) is 1.79. The van der Waals surface area contributed by atoms with Gasteiger partial charge in [-0.05, 0) is 6.42 Å². The molecule has 14 heavy (non-hydrogen) atoms. The summed E-state index contributed by atoms with van der Waals surface area (Å²) in [6, 6.07) is 0. The van der Waals surface area contributed by atoms with Gasteiger partial charge in [0.15, 0.2) is 0 Å². The Hall–Kier alpha value is -0.870. The van der Waals surface area contributed by atoms with Crippen LogP contribution in [-0.4, -0.2) is 47.3 Å². The molecule has 0 spiro atoms. The van der Waals surface area contributed by atoms with Crippen molar-refractivity contribution in [3.05, 3.63) is 12.2 Å². The first kappa shape index (κ1) is 13.1. The molecule has 0 saturated carbocycles. The number of amides is 1. The Kier molecular flexibility index (Phi) is 8.17. The lowest BCUT2D eigenvalue weighted by Gasteiger charge is -2.19. The molecule has 0 bridgehead atoms. The van der Waals surface area contributed by atoms with E-state index in [9.17, 15) is 4.79 Å². The van der Waals surface area contributed by atoms with Crippen molar-refractivity contribution in [1.82, 2.24) is 4.90 Å². The molecule has 4 nitrogen and oxygen atoms in total. The van der Waals surface area contributed by atoms with E-state index in [1.807, 2.05) is 19.1 Å². The van der Waals surface area contributed by atoms with Gasteiger partial charge in [0.25, 0.3) is 0 Å². The Balaban J connectivity index is 3.94. The predicted molar refractivity (Wildman–Crippen MR) is 54.8 cm³/mol. The lowest BCUT2D eigenvalue weighted by Crippen LogP contribution is -2.35. The van der Waals surface area contributed by atoms with E-state index in [1.165, 1.54) is 4.90 Å². The molecule has 0 fully saturated rings. The molecule has 0 aliphatic carbocycles. The zero-order valence-electron chi connectivity index (χ0n) is 8.65. The summed E-state index contributed by atoms with van der Waals surface area (Å²) in [4.78, 5) is 12.9. The van der Waals surface area contributed by atoms with Crippen LogP contribution in [-0.2, 0) is 4.79 Å². The van der Waals surface area contributed by atoms with Crippen molar-refractivity contribution in [3.8, 4) is 0 Å². The number of allylic oxidation sites excluding steroid dienone is 1. The molecule has 82 valence electrons. The Bertz CT molecular complexity index is 174. The predicted octanol–water partition coefficient (Wildman–Crippen LogP) is 0.156. The summed E-state index contributed by atoms with van der Waals surface area (Å²) < 4.78 is 0. The topological polar surface area (TPSA) is 60.8 Å². The molecule has 4 heteroatoms. The van der Waals surface area contributed by atoms with Crippen LogP contribution in [0.3, 0.4) is 0 Å². The number of carbonyl (C=O) groups is 1. The van der Waals surface area contributed by atoms with Gasteiger partial charge in [0.05, 0.1) is 13.2 Å². The largest absolute Gasteiger partial charge is 0.395 e. The number of aliphatic hydroxyl groups excluding tert-OH is 2. The van der Waals surface area contributed by atoms with E-state index < -0.39 is 0 Å². The summed E-state index contributed by atoms with van der Waals surface area (Å²) in [6.45, 7) is 2.45. The second-order valence-corrected chi connectivity index (χ2v) is 2.91. The SMILES string of the molecule is CCC=CCC(=O)N(CCO)CCO. The second-order valence-electron chi connectivity index (χ2n) is 2.91. The molecular weight excluding hydrogens is 182 g/mol. The van der Waals surface area contributed by atoms with E-state index in [-0.39, 0.29) is 19.1 Å². The van der Waals surface area contributed by atoms with Crippen molar-refractivity contribution in [2.24, 2.45) is 0 Å². The first-order valence-electron chi connectivity index (χ1n) is 4.90. The average molecular weight is 201 g/mol. The number of carbonyl (C=O) groups excluding carboxylic acids is 1. The first-order valence-corrected chi connectivity index (χ1v) is 4.90. The van der Waals surface area contributed by atoms with Gasteiger partial charge in [0.2, 0.25) is 5.91 Å². The molecule has 0 aromatic carbocycles. The lowest BCUT2D eigenvalue weighted by atomic mass is 10.3. The maximum Gasteiger partial charge on any atom is 0.226 e. The minimum Gasteiger partial charge on any atom is -0.395 e. The fourth-order valence-electron chi connectivity index (χ4n) is 1.08. The van der Waals surface area contributed by atoms with E-state index in [0.717, 1.165) is 6.42 Å². The van der Waals surface area contributed by atoms with Crippen molar-refractivity contribution in [2.75, 3.05) is 26.3 Å². The maximum atomic E-state index is 11.5. The summed E-state index contributed by atoms with van der Waals surface area (Å²) in [5.41, 5.74) is 0. The van der Waals surface area contributed by atoms with Crippen LogP contribution >= 0.6 is 0 Å². The quantitative estimate of drug-likeness (QED) is 0.577. The van der Waals surface area contributed by atoms with Gasteiger partial charge in [-0.3, -0.25) is 4.79 Å². The number of rotatable bonds is 7. The molecule has 0 radical (unpaired) electrons. The molecule has 0 saturated heterocycles. The monoisotopic (exact) mass is 201 g/mol. The Morgan fingerprint density at radius 3 is 2.21 bits per heavy atom. The van der Waals surface area contributed by atoms with Crippen molar-refractivity contribution >= 4 is 5.91 Å². The summed E-state index contributed by atoms with van der Waals surface area (Å²) in [6.07, 6.45) is 4.99. The standard InChI is InChI=1S/C10H19NO3/c1-2-3-4-5-10(14)11(6-8-12)7-9-13/h3-4,12-13H,2,5-9H2,1H3. The summed E-state index contributed by atoms with van der Waals surface area (Å²) in [5.74, 6) is -0.0576. The fourth-order valence-corrected chi connectivity index (χ4v) is 1.08. The van der Waals surface area contributed by atoms with Gasteiger partial charge in [-0.25, -0.2) is 0 Å². The van der Waals surface area contributed by atoms with E-state index in [2.05, 4.69) is 0 Å². The van der Waals surface area contributed by atoms with Gasteiger partial charge >= 0.3 is 0 Å². The Morgan fingerprint density at radius 2 is 1.79 bits per heavy atom. The van der Waals surface area contributed by atoms with Crippen molar-refractivity contribution in [1.29, 1.82) is 0 Å². The molecule has 1 amide bonds. The molecule has 0 atom stereocenters. The van der Waals surface area contributed by atoms with E-state index >= 15 is 0 Å². The van der Waals surface area contributed by atoms with Gasteiger partial charge in [0.1, 0.15) is 0 Å². The van der Waals surface area contributed by atoms with Crippen LogP contribution in [0.5, 0.6) is 0 Å². The minimum atomic E-state index is -0.0662. The lowest BCUT2D eigenvalue weighted by molar-refractivity contribution is -0.131. The van der Waals surface area contributed by atoms with Crippen molar-refractivity contribution in [3.63, 3.8) is 0 Å². The summed E-state index contributed by atoms with van der Waals surface area (Å²) >= 11 is 0. The highest BCUT2D eigenvalue weighted by molar-refractivity contribution is 5.77. The highest BCUT2D eigenvalue weighted by Crippen LogP contribution is 1.96. The van der Waals surface area contributed by atoms with Crippen LogP contribution in [0.4, 0.5) is 0 Å². The number of hydrogen-bond acceptors (Lipinski definition) is 3. The van der Waals surface area contributed by atoms with E-state index in [4.69, 9.17) is 10.2 Å². The van der Waals surface area contributed by atoms with Crippen molar-refractivity contribution in [2.45, 2.75) is 19.8 Å². The molecule has 0 rings (SSSR count). The molecule has 0 aliphatic rings. The summed E-state index contributed by atoms with van der Waals surface area (Å²) in [7, 11) is 0. The molecule has 0 heterocycles. The van der Waals surface area contributed by atoms with Crippen LogP contribution in [0.15, 0.2) is 12.2 Å². The smallest absolute Gasteiger partial charge is 0.226 e.